The molecule has 0 atom stereocenters. The summed E-state index contributed by atoms with van der Waals surface area (Å²) in [5.41, 5.74) is 0.584. The first-order valence-corrected chi connectivity index (χ1v) is 7.68. The lowest BCUT2D eigenvalue weighted by atomic mass is 9.65. The molecule has 0 spiro atoms. The van der Waals surface area contributed by atoms with Crippen LogP contribution < -0.4 is 10.6 Å². The van der Waals surface area contributed by atoms with E-state index in [1.807, 2.05) is 0 Å². The molecule has 2 N–H and O–H groups in total. The SMILES string of the molecule is CCNC(=NCC1(C2CC2)CCC1)NCC(C)C. The first kappa shape index (κ1) is 13.7. The van der Waals surface area contributed by atoms with Gasteiger partial charge in [-0.3, -0.25) is 4.99 Å². The molecule has 2 fully saturated rings. The van der Waals surface area contributed by atoms with Gasteiger partial charge in [-0.05, 0) is 49.9 Å². The summed E-state index contributed by atoms with van der Waals surface area (Å²) in [6, 6.07) is 0. The van der Waals surface area contributed by atoms with Crippen molar-refractivity contribution in [1.82, 2.24) is 10.6 Å². The Morgan fingerprint density at radius 3 is 2.44 bits per heavy atom. The summed E-state index contributed by atoms with van der Waals surface area (Å²) in [7, 11) is 0. The Balaban J connectivity index is 1.86. The highest BCUT2D eigenvalue weighted by Gasteiger charge is 2.48. The summed E-state index contributed by atoms with van der Waals surface area (Å²) in [6.07, 6.45) is 7.13. The lowest BCUT2D eigenvalue weighted by Gasteiger charge is -2.41. The third kappa shape index (κ3) is 3.39. The fraction of sp³-hybridized carbons (Fsp3) is 0.933. The van der Waals surface area contributed by atoms with Crippen molar-refractivity contribution >= 4 is 5.96 Å². The van der Waals surface area contributed by atoms with Crippen molar-refractivity contribution in [2.45, 2.75) is 52.9 Å². The molecule has 2 aliphatic rings. The molecule has 104 valence electrons. The zero-order chi connectivity index (χ0) is 13.0. The van der Waals surface area contributed by atoms with Gasteiger partial charge in [0.15, 0.2) is 5.96 Å². The zero-order valence-corrected chi connectivity index (χ0v) is 12.3. The molecular formula is C15H29N3. The topological polar surface area (TPSA) is 36.4 Å². The van der Waals surface area contributed by atoms with Crippen molar-refractivity contribution in [3.8, 4) is 0 Å². The van der Waals surface area contributed by atoms with Crippen LogP contribution in [0.15, 0.2) is 4.99 Å². The van der Waals surface area contributed by atoms with E-state index in [9.17, 15) is 0 Å². The zero-order valence-electron chi connectivity index (χ0n) is 12.3. The number of aliphatic imine (C=N–C) groups is 1. The maximum Gasteiger partial charge on any atom is 0.191 e. The van der Waals surface area contributed by atoms with E-state index in [4.69, 9.17) is 4.99 Å². The number of nitrogens with zero attached hydrogens (tertiary/aromatic N) is 1. The predicted octanol–water partition coefficient (Wildman–Crippen LogP) is 2.78. The summed E-state index contributed by atoms with van der Waals surface area (Å²) in [5, 5.41) is 6.80. The van der Waals surface area contributed by atoms with Crippen molar-refractivity contribution in [2.24, 2.45) is 22.2 Å². The maximum atomic E-state index is 4.84. The van der Waals surface area contributed by atoms with E-state index >= 15 is 0 Å². The summed E-state index contributed by atoms with van der Waals surface area (Å²) in [4.78, 5) is 4.84. The molecule has 0 aliphatic heterocycles. The molecule has 0 amide bonds. The molecule has 0 aromatic carbocycles. The third-order valence-electron chi connectivity index (χ3n) is 4.37. The monoisotopic (exact) mass is 251 g/mol. The van der Waals surface area contributed by atoms with Gasteiger partial charge in [0.1, 0.15) is 0 Å². The van der Waals surface area contributed by atoms with E-state index in [0.717, 1.165) is 31.5 Å². The highest BCUT2D eigenvalue weighted by atomic mass is 15.2. The summed E-state index contributed by atoms with van der Waals surface area (Å²) in [5.74, 6) is 2.66. The second-order valence-electron chi connectivity index (χ2n) is 6.46. The van der Waals surface area contributed by atoms with Crippen LogP contribution in [-0.2, 0) is 0 Å². The van der Waals surface area contributed by atoms with Crippen LogP contribution in [0.2, 0.25) is 0 Å². The highest BCUT2D eigenvalue weighted by Crippen LogP contribution is 2.57. The second kappa shape index (κ2) is 5.94. The van der Waals surface area contributed by atoms with Gasteiger partial charge in [0, 0.05) is 19.6 Å². The Labute approximate surface area is 112 Å². The van der Waals surface area contributed by atoms with Crippen molar-refractivity contribution in [2.75, 3.05) is 19.6 Å². The van der Waals surface area contributed by atoms with E-state index < -0.39 is 0 Å². The van der Waals surface area contributed by atoms with Gasteiger partial charge in [0.2, 0.25) is 0 Å². The van der Waals surface area contributed by atoms with E-state index in [1.165, 1.54) is 32.1 Å². The van der Waals surface area contributed by atoms with Crippen LogP contribution in [0, 0.1) is 17.3 Å². The normalized spacial score (nSPS) is 22.8. The van der Waals surface area contributed by atoms with Crippen LogP contribution in [0.3, 0.4) is 0 Å². The first-order chi connectivity index (χ1) is 8.66. The Hall–Kier alpha value is -0.730. The van der Waals surface area contributed by atoms with Crippen molar-refractivity contribution in [3.63, 3.8) is 0 Å². The van der Waals surface area contributed by atoms with Gasteiger partial charge < -0.3 is 10.6 Å². The summed E-state index contributed by atoms with van der Waals surface area (Å²) in [6.45, 7) is 9.57. The van der Waals surface area contributed by atoms with Crippen LogP contribution in [-0.4, -0.2) is 25.6 Å². The molecule has 0 radical (unpaired) electrons. The molecular weight excluding hydrogens is 222 g/mol. The fourth-order valence-corrected chi connectivity index (χ4v) is 2.90. The van der Waals surface area contributed by atoms with E-state index in [-0.39, 0.29) is 0 Å². The Bertz CT molecular complexity index is 288. The number of hydrogen-bond donors (Lipinski definition) is 2. The number of guanidine groups is 1. The van der Waals surface area contributed by atoms with Gasteiger partial charge in [-0.2, -0.15) is 0 Å². The fourth-order valence-electron chi connectivity index (χ4n) is 2.90. The van der Waals surface area contributed by atoms with Crippen molar-refractivity contribution < 1.29 is 0 Å². The minimum atomic E-state index is 0.584. The standard InChI is InChI=1S/C15H29N3/c1-4-16-14(17-10-12(2)3)18-11-15(8-5-9-15)13-6-7-13/h12-13H,4-11H2,1-3H3,(H2,16,17,18). The summed E-state index contributed by atoms with van der Waals surface area (Å²) >= 11 is 0. The predicted molar refractivity (Wildman–Crippen MR) is 77.8 cm³/mol. The minimum Gasteiger partial charge on any atom is -0.357 e. The molecule has 2 saturated carbocycles. The molecule has 0 aromatic rings. The highest BCUT2D eigenvalue weighted by molar-refractivity contribution is 5.79. The number of nitrogens with one attached hydrogen (secondary N) is 2. The van der Waals surface area contributed by atoms with Gasteiger partial charge in [-0.1, -0.05) is 20.3 Å². The molecule has 3 nitrogen and oxygen atoms in total. The molecule has 2 aliphatic carbocycles. The van der Waals surface area contributed by atoms with Crippen LogP contribution in [0.4, 0.5) is 0 Å². The third-order valence-corrected chi connectivity index (χ3v) is 4.37. The molecule has 0 bridgehead atoms. The summed E-state index contributed by atoms with van der Waals surface area (Å²) < 4.78 is 0. The minimum absolute atomic E-state index is 0.584. The molecule has 0 heterocycles. The largest absolute Gasteiger partial charge is 0.357 e. The van der Waals surface area contributed by atoms with E-state index in [2.05, 4.69) is 31.4 Å². The van der Waals surface area contributed by atoms with Gasteiger partial charge >= 0.3 is 0 Å². The second-order valence-corrected chi connectivity index (χ2v) is 6.46. The van der Waals surface area contributed by atoms with Gasteiger partial charge in [-0.15, -0.1) is 0 Å². The average molecular weight is 251 g/mol. The van der Waals surface area contributed by atoms with Crippen LogP contribution in [0.1, 0.15) is 52.9 Å². The van der Waals surface area contributed by atoms with Crippen LogP contribution in [0.5, 0.6) is 0 Å². The molecule has 18 heavy (non-hydrogen) atoms. The van der Waals surface area contributed by atoms with Gasteiger partial charge in [0.05, 0.1) is 0 Å². The lowest BCUT2D eigenvalue weighted by molar-refractivity contribution is 0.113. The molecule has 0 aromatic heterocycles. The smallest absolute Gasteiger partial charge is 0.191 e. The quantitative estimate of drug-likeness (QED) is 0.562. The van der Waals surface area contributed by atoms with Gasteiger partial charge in [0.25, 0.3) is 0 Å². The van der Waals surface area contributed by atoms with Crippen LogP contribution >= 0.6 is 0 Å². The molecule has 3 heteroatoms. The van der Waals surface area contributed by atoms with Gasteiger partial charge in [-0.25, -0.2) is 0 Å². The Morgan fingerprint density at radius 1 is 1.28 bits per heavy atom. The maximum absolute atomic E-state index is 4.84. The lowest BCUT2D eigenvalue weighted by Crippen LogP contribution is -2.41. The Kier molecular flexibility index (Phi) is 4.52. The average Bonchev–Trinajstić information content (AvgIpc) is 3.08. The molecule has 2 rings (SSSR count). The number of rotatable bonds is 6. The van der Waals surface area contributed by atoms with E-state index in [0.29, 0.717) is 11.3 Å². The number of hydrogen-bond acceptors (Lipinski definition) is 1. The molecule has 0 unspecified atom stereocenters. The van der Waals surface area contributed by atoms with Crippen LogP contribution in [0.25, 0.3) is 0 Å². The Morgan fingerprint density at radius 2 is 2.00 bits per heavy atom. The van der Waals surface area contributed by atoms with Crippen molar-refractivity contribution in [1.29, 1.82) is 0 Å². The van der Waals surface area contributed by atoms with Crippen molar-refractivity contribution in [3.05, 3.63) is 0 Å². The molecule has 0 saturated heterocycles. The van der Waals surface area contributed by atoms with E-state index in [1.54, 1.807) is 0 Å². The first-order valence-electron chi connectivity index (χ1n) is 7.68.